The fraction of sp³-hybridized carbons (Fsp3) is 0.478. The SMILES string of the molecule is COC1CCN(Cc2ccc([C@H](CS(C)(=O)=O)C(F)(F)F)cc2)CC1c1ccccc1. The molecule has 1 heterocycles. The van der Waals surface area contributed by atoms with Gasteiger partial charge < -0.3 is 4.74 Å². The summed E-state index contributed by atoms with van der Waals surface area (Å²) in [6.07, 6.45) is -2.79. The third-order valence-electron chi connectivity index (χ3n) is 5.82. The lowest BCUT2D eigenvalue weighted by molar-refractivity contribution is -0.145. The molecule has 8 heteroatoms. The van der Waals surface area contributed by atoms with E-state index in [4.69, 9.17) is 4.74 Å². The number of likely N-dealkylation sites (tertiary alicyclic amines) is 1. The zero-order valence-electron chi connectivity index (χ0n) is 17.7. The van der Waals surface area contributed by atoms with Crippen molar-refractivity contribution in [1.82, 2.24) is 4.90 Å². The highest BCUT2D eigenvalue weighted by Crippen LogP contribution is 2.36. The number of halogens is 3. The first-order valence-corrected chi connectivity index (χ1v) is 12.3. The van der Waals surface area contributed by atoms with Crippen LogP contribution in [0.4, 0.5) is 13.2 Å². The van der Waals surface area contributed by atoms with Crippen molar-refractivity contribution < 1.29 is 26.3 Å². The van der Waals surface area contributed by atoms with Crippen molar-refractivity contribution in [2.45, 2.75) is 37.1 Å². The van der Waals surface area contributed by atoms with Crippen LogP contribution in [0.1, 0.15) is 34.9 Å². The van der Waals surface area contributed by atoms with Crippen molar-refractivity contribution in [1.29, 1.82) is 0 Å². The minimum absolute atomic E-state index is 0.0260. The Morgan fingerprint density at radius 1 is 1.10 bits per heavy atom. The molecule has 3 atom stereocenters. The predicted molar refractivity (Wildman–Crippen MR) is 115 cm³/mol. The minimum atomic E-state index is -4.62. The summed E-state index contributed by atoms with van der Waals surface area (Å²) in [5.74, 6) is -2.74. The maximum absolute atomic E-state index is 13.4. The van der Waals surface area contributed by atoms with E-state index in [1.165, 1.54) is 17.7 Å². The molecule has 1 saturated heterocycles. The smallest absolute Gasteiger partial charge is 0.381 e. The van der Waals surface area contributed by atoms with Crippen molar-refractivity contribution in [2.75, 3.05) is 32.2 Å². The van der Waals surface area contributed by atoms with Crippen LogP contribution in [0.3, 0.4) is 0 Å². The zero-order chi connectivity index (χ0) is 22.6. The van der Waals surface area contributed by atoms with Crippen LogP contribution in [-0.2, 0) is 21.1 Å². The van der Waals surface area contributed by atoms with E-state index in [2.05, 4.69) is 17.0 Å². The van der Waals surface area contributed by atoms with Crippen LogP contribution >= 0.6 is 0 Å². The molecule has 170 valence electrons. The molecule has 1 fully saturated rings. The van der Waals surface area contributed by atoms with Gasteiger partial charge in [-0.05, 0) is 23.1 Å². The molecule has 0 saturated carbocycles. The van der Waals surface area contributed by atoms with Gasteiger partial charge in [-0.1, -0.05) is 54.6 Å². The van der Waals surface area contributed by atoms with Crippen molar-refractivity contribution >= 4 is 9.84 Å². The molecule has 1 aliphatic rings. The van der Waals surface area contributed by atoms with Crippen molar-refractivity contribution in [2.24, 2.45) is 0 Å². The molecule has 2 aromatic rings. The van der Waals surface area contributed by atoms with Gasteiger partial charge in [-0.2, -0.15) is 13.2 Å². The Morgan fingerprint density at radius 3 is 2.29 bits per heavy atom. The third-order valence-corrected chi connectivity index (χ3v) is 6.76. The van der Waals surface area contributed by atoms with Gasteiger partial charge in [0.1, 0.15) is 9.84 Å². The molecule has 2 aromatic carbocycles. The van der Waals surface area contributed by atoms with Crippen molar-refractivity contribution in [3.63, 3.8) is 0 Å². The molecular formula is C23H28F3NO3S. The van der Waals surface area contributed by atoms with Crippen LogP contribution in [-0.4, -0.2) is 57.8 Å². The standard InChI is InChI=1S/C23H28F3NO3S/c1-30-22-12-13-27(15-20(22)18-6-4-3-5-7-18)14-17-8-10-19(11-9-17)21(23(24,25)26)16-31(2,28)29/h3-11,20-22H,12-16H2,1-2H3/t20?,21-,22?/m0/s1. The molecular weight excluding hydrogens is 427 g/mol. The van der Waals surface area contributed by atoms with Gasteiger partial charge in [-0.15, -0.1) is 0 Å². The topological polar surface area (TPSA) is 46.6 Å². The number of sulfone groups is 1. The lowest BCUT2D eigenvalue weighted by Crippen LogP contribution is -2.42. The zero-order valence-corrected chi connectivity index (χ0v) is 18.5. The molecule has 0 bridgehead atoms. The minimum Gasteiger partial charge on any atom is -0.381 e. The molecule has 0 N–H and O–H groups in total. The summed E-state index contributed by atoms with van der Waals surface area (Å²) >= 11 is 0. The van der Waals surface area contributed by atoms with E-state index in [1.54, 1.807) is 19.2 Å². The van der Waals surface area contributed by atoms with Gasteiger partial charge in [0.15, 0.2) is 0 Å². The first kappa shape index (κ1) is 23.8. The average Bonchev–Trinajstić information content (AvgIpc) is 2.72. The highest BCUT2D eigenvalue weighted by atomic mass is 32.2. The number of hydrogen-bond acceptors (Lipinski definition) is 4. The van der Waals surface area contributed by atoms with Crippen LogP contribution in [0.5, 0.6) is 0 Å². The maximum Gasteiger partial charge on any atom is 0.396 e. The number of alkyl halides is 3. The van der Waals surface area contributed by atoms with E-state index in [-0.39, 0.29) is 17.6 Å². The average molecular weight is 456 g/mol. The molecule has 3 rings (SSSR count). The van der Waals surface area contributed by atoms with E-state index < -0.39 is 27.7 Å². The van der Waals surface area contributed by atoms with Crippen LogP contribution in [0.25, 0.3) is 0 Å². The van der Waals surface area contributed by atoms with Crippen LogP contribution in [0, 0.1) is 0 Å². The second kappa shape index (κ2) is 9.71. The first-order valence-electron chi connectivity index (χ1n) is 10.2. The summed E-state index contributed by atoms with van der Waals surface area (Å²) in [6.45, 7) is 2.25. The molecule has 1 aliphatic heterocycles. The normalized spacial score (nSPS) is 21.7. The largest absolute Gasteiger partial charge is 0.396 e. The van der Waals surface area contributed by atoms with Gasteiger partial charge >= 0.3 is 6.18 Å². The summed E-state index contributed by atoms with van der Waals surface area (Å²) in [5.41, 5.74) is 2.08. The Kier molecular flexibility index (Phi) is 7.44. The lowest BCUT2D eigenvalue weighted by Gasteiger charge is -2.38. The van der Waals surface area contributed by atoms with Gasteiger partial charge in [0.2, 0.25) is 0 Å². The Morgan fingerprint density at radius 2 is 1.74 bits per heavy atom. The van der Waals surface area contributed by atoms with E-state index in [1.807, 2.05) is 18.2 Å². The van der Waals surface area contributed by atoms with E-state index in [0.29, 0.717) is 6.54 Å². The van der Waals surface area contributed by atoms with Gasteiger partial charge in [0.25, 0.3) is 0 Å². The number of rotatable bonds is 7. The molecule has 0 amide bonds. The molecule has 0 spiro atoms. The Hall–Kier alpha value is -1.90. The Bertz CT molecular complexity index is 946. The van der Waals surface area contributed by atoms with Crippen LogP contribution in [0.2, 0.25) is 0 Å². The molecule has 0 aromatic heterocycles. The molecule has 2 unspecified atom stereocenters. The number of ether oxygens (including phenoxy) is 1. The molecule has 4 nitrogen and oxygen atoms in total. The summed E-state index contributed by atoms with van der Waals surface area (Å²) in [4.78, 5) is 2.28. The molecule has 0 radical (unpaired) electrons. The number of piperidine rings is 1. The highest BCUT2D eigenvalue weighted by Gasteiger charge is 2.42. The maximum atomic E-state index is 13.4. The fourth-order valence-corrected chi connectivity index (χ4v) is 5.23. The number of hydrogen-bond donors (Lipinski definition) is 0. The van der Waals surface area contributed by atoms with Gasteiger partial charge in [-0.3, -0.25) is 4.90 Å². The van der Waals surface area contributed by atoms with Crippen LogP contribution < -0.4 is 0 Å². The van der Waals surface area contributed by atoms with E-state index in [9.17, 15) is 21.6 Å². The van der Waals surface area contributed by atoms with Crippen molar-refractivity contribution in [3.05, 3.63) is 71.3 Å². The Balaban J connectivity index is 1.72. The van der Waals surface area contributed by atoms with Gasteiger partial charge in [0.05, 0.1) is 17.8 Å². The first-order chi connectivity index (χ1) is 14.6. The molecule has 0 aliphatic carbocycles. The quantitative estimate of drug-likeness (QED) is 0.622. The summed E-state index contributed by atoms with van der Waals surface area (Å²) in [6, 6.07) is 16.3. The second-order valence-electron chi connectivity index (χ2n) is 8.24. The van der Waals surface area contributed by atoms with Crippen molar-refractivity contribution in [3.8, 4) is 0 Å². The third kappa shape index (κ3) is 6.54. The fourth-order valence-electron chi connectivity index (χ4n) is 4.24. The monoisotopic (exact) mass is 455 g/mol. The summed E-state index contributed by atoms with van der Waals surface area (Å²) in [5, 5.41) is 0. The predicted octanol–water partition coefficient (Wildman–Crippen LogP) is 4.38. The lowest BCUT2D eigenvalue weighted by atomic mass is 9.87. The van der Waals surface area contributed by atoms with Crippen LogP contribution in [0.15, 0.2) is 54.6 Å². The second-order valence-corrected chi connectivity index (χ2v) is 10.4. The number of methoxy groups -OCH3 is 1. The number of nitrogens with zero attached hydrogens (tertiary/aromatic N) is 1. The van der Waals surface area contributed by atoms with E-state index >= 15 is 0 Å². The highest BCUT2D eigenvalue weighted by molar-refractivity contribution is 7.90. The van der Waals surface area contributed by atoms with Gasteiger partial charge in [-0.25, -0.2) is 8.42 Å². The Labute approximate surface area is 181 Å². The molecule has 31 heavy (non-hydrogen) atoms. The summed E-state index contributed by atoms with van der Waals surface area (Å²) < 4.78 is 68.8. The number of benzene rings is 2. The summed E-state index contributed by atoms with van der Waals surface area (Å²) in [7, 11) is -2.04. The van der Waals surface area contributed by atoms with Gasteiger partial charge in [0, 0.05) is 38.9 Å². The van der Waals surface area contributed by atoms with E-state index in [0.717, 1.165) is 31.3 Å².